The third-order valence-corrected chi connectivity index (χ3v) is 2.90. The summed E-state index contributed by atoms with van der Waals surface area (Å²) >= 11 is 0. The number of benzene rings is 1. The number of pyridine rings is 1. The number of aromatic nitrogens is 1. The smallest absolute Gasteiger partial charge is 0.269 e. The van der Waals surface area contributed by atoms with Gasteiger partial charge in [0.1, 0.15) is 23.1 Å². The fraction of sp³-hybridized carbons (Fsp3) is 0.294. The van der Waals surface area contributed by atoms with Gasteiger partial charge >= 0.3 is 0 Å². The van der Waals surface area contributed by atoms with E-state index in [0.717, 1.165) is 18.2 Å². The third-order valence-electron chi connectivity index (χ3n) is 2.90. The molecule has 1 amide bonds. The summed E-state index contributed by atoms with van der Waals surface area (Å²) in [5.74, 6) is -1.34. The maximum atomic E-state index is 13.2. The minimum Gasteiger partial charge on any atom is -0.350 e. The van der Waals surface area contributed by atoms with Gasteiger partial charge in [-0.05, 0) is 29.7 Å². The molecule has 0 aliphatic heterocycles. The Morgan fingerprint density at radius 1 is 1.13 bits per heavy atom. The molecule has 23 heavy (non-hydrogen) atoms. The normalized spacial score (nSPS) is 11.2. The highest BCUT2D eigenvalue weighted by Crippen LogP contribution is 2.18. The lowest BCUT2D eigenvalue weighted by molar-refractivity contribution is 0.0934. The zero-order valence-corrected chi connectivity index (χ0v) is 13.3. The molecule has 0 saturated heterocycles. The molecule has 0 bridgehead atoms. The van der Waals surface area contributed by atoms with Crippen molar-refractivity contribution >= 4 is 17.4 Å². The number of nitrogens with one attached hydrogen (secondary N) is 2. The fourth-order valence-corrected chi connectivity index (χ4v) is 1.84. The molecule has 2 aromatic rings. The molecule has 1 aromatic heterocycles. The number of hydrogen-bond donors (Lipinski definition) is 2. The number of rotatable bonds is 4. The molecule has 0 aliphatic carbocycles. The van der Waals surface area contributed by atoms with Crippen molar-refractivity contribution < 1.29 is 13.6 Å². The van der Waals surface area contributed by atoms with Crippen molar-refractivity contribution in [3.8, 4) is 0 Å². The van der Waals surface area contributed by atoms with Crippen LogP contribution in [0.3, 0.4) is 0 Å². The summed E-state index contributed by atoms with van der Waals surface area (Å²) < 4.78 is 26.4. The number of anilines is 2. The Hall–Kier alpha value is -2.50. The molecule has 2 N–H and O–H groups in total. The predicted molar refractivity (Wildman–Crippen MR) is 85.7 cm³/mol. The van der Waals surface area contributed by atoms with E-state index >= 15 is 0 Å². The summed E-state index contributed by atoms with van der Waals surface area (Å²) in [7, 11) is 0. The van der Waals surface area contributed by atoms with Gasteiger partial charge in [0.25, 0.3) is 5.91 Å². The van der Waals surface area contributed by atoms with E-state index in [0.29, 0.717) is 12.4 Å². The van der Waals surface area contributed by atoms with E-state index in [2.05, 4.69) is 15.6 Å². The first kappa shape index (κ1) is 16.9. The zero-order valence-electron chi connectivity index (χ0n) is 13.3. The maximum Gasteiger partial charge on any atom is 0.269 e. The number of carbonyl (C=O) groups excluding carboxylic acids is 1. The number of nitrogens with zero attached hydrogens (tertiary/aromatic N) is 1. The van der Waals surface area contributed by atoms with Gasteiger partial charge in [-0.2, -0.15) is 0 Å². The van der Waals surface area contributed by atoms with Crippen molar-refractivity contribution in [3.63, 3.8) is 0 Å². The molecule has 0 aliphatic rings. The highest BCUT2D eigenvalue weighted by Gasteiger charge is 2.14. The van der Waals surface area contributed by atoms with Gasteiger partial charge in [0.2, 0.25) is 0 Å². The van der Waals surface area contributed by atoms with Gasteiger partial charge in [-0.25, -0.2) is 13.8 Å². The topological polar surface area (TPSA) is 54.0 Å². The van der Waals surface area contributed by atoms with Crippen molar-refractivity contribution in [2.24, 2.45) is 5.41 Å². The molecule has 0 saturated carbocycles. The van der Waals surface area contributed by atoms with Gasteiger partial charge in [0.15, 0.2) is 0 Å². The standard InChI is InChI=1S/C17H19F2N3O/c1-17(2,3)10-20-16(23)14-5-4-6-15(22-14)21-13-8-11(18)7-12(19)9-13/h4-9H,10H2,1-3H3,(H,20,23)(H,21,22). The second-order valence-electron chi connectivity index (χ2n) is 6.43. The van der Waals surface area contributed by atoms with Crippen LogP contribution >= 0.6 is 0 Å². The van der Waals surface area contributed by atoms with Crippen LogP contribution in [0, 0.1) is 17.0 Å². The van der Waals surface area contributed by atoms with Gasteiger partial charge in [-0.1, -0.05) is 26.8 Å². The number of amides is 1. The Kier molecular flexibility index (Phi) is 4.93. The molecular formula is C17H19F2N3O. The Labute approximate surface area is 133 Å². The Morgan fingerprint density at radius 2 is 1.78 bits per heavy atom. The Morgan fingerprint density at radius 3 is 2.39 bits per heavy atom. The molecule has 1 heterocycles. The minimum atomic E-state index is -0.688. The van der Waals surface area contributed by atoms with Crippen LogP contribution in [0.5, 0.6) is 0 Å². The average molecular weight is 319 g/mol. The molecule has 4 nitrogen and oxygen atoms in total. The number of hydrogen-bond acceptors (Lipinski definition) is 3. The molecule has 122 valence electrons. The summed E-state index contributed by atoms with van der Waals surface area (Å²) in [6.07, 6.45) is 0. The number of carbonyl (C=O) groups is 1. The molecule has 0 unspecified atom stereocenters. The third kappa shape index (κ3) is 5.32. The summed E-state index contributed by atoms with van der Waals surface area (Å²) in [5, 5.41) is 5.58. The highest BCUT2D eigenvalue weighted by atomic mass is 19.1. The van der Waals surface area contributed by atoms with Gasteiger partial charge < -0.3 is 10.6 Å². The molecule has 0 radical (unpaired) electrons. The van der Waals surface area contributed by atoms with Crippen LogP contribution in [-0.4, -0.2) is 17.4 Å². The van der Waals surface area contributed by atoms with E-state index in [4.69, 9.17) is 0 Å². The lowest BCUT2D eigenvalue weighted by atomic mass is 9.97. The summed E-state index contributed by atoms with van der Waals surface area (Å²) in [6, 6.07) is 7.93. The van der Waals surface area contributed by atoms with Crippen LogP contribution in [-0.2, 0) is 0 Å². The molecule has 2 rings (SSSR count). The molecular weight excluding hydrogens is 300 g/mol. The van der Waals surface area contributed by atoms with Crippen LogP contribution in [0.4, 0.5) is 20.3 Å². The first-order valence-electron chi connectivity index (χ1n) is 7.21. The van der Waals surface area contributed by atoms with Crippen molar-refractivity contribution in [2.45, 2.75) is 20.8 Å². The average Bonchev–Trinajstić information content (AvgIpc) is 2.43. The van der Waals surface area contributed by atoms with E-state index in [-0.39, 0.29) is 22.7 Å². The predicted octanol–water partition coefficient (Wildman–Crippen LogP) is 3.88. The SMILES string of the molecule is CC(C)(C)CNC(=O)c1cccc(Nc2cc(F)cc(F)c2)n1. The number of halogens is 2. The van der Waals surface area contributed by atoms with Crippen LogP contribution < -0.4 is 10.6 Å². The van der Waals surface area contributed by atoms with E-state index in [9.17, 15) is 13.6 Å². The Bertz CT molecular complexity index is 691. The quantitative estimate of drug-likeness (QED) is 0.899. The van der Waals surface area contributed by atoms with Crippen LogP contribution in [0.2, 0.25) is 0 Å². The van der Waals surface area contributed by atoms with Crippen LogP contribution in [0.1, 0.15) is 31.3 Å². The lowest BCUT2D eigenvalue weighted by Crippen LogP contribution is -2.32. The summed E-state index contributed by atoms with van der Waals surface area (Å²) in [6.45, 7) is 6.55. The largest absolute Gasteiger partial charge is 0.350 e. The van der Waals surface area contributed by atoms with Gasteiger partial charge in [-0.15, -0.1) is 0 Å². The minimum absolute atomic E-state index is 0.0371. The first-order chi connectivity index (χ1) is 10.7. The highest BCUT2D eigenvalue weighted by molar-refractivity contribution is 5.92. The van der Waals surface area contributed by atoms with Gasteiger partial charge in [0, 0.05) is 18.3 Å². The molecule has 6 heteroatoms. The first-order valence-corrected chi connectivity index (χ1v) is 7.21. The van der Waals surface area contributed by atoms with E-state index in [1.807, 2.05) is 20.8 Å². The summed E-state index contributed by atoms with van der Waals surface area (Å²) in [5.41, 5.74) is 0.420. The zero-order chi connectivity index (χ0) is 17.0. The van der Waals surface area contributed by atoms with Crippen molar-refractivity contribution in [1.82, 2.24) is 10.3 Å². The molecule has 1 aromatic carbocycles. The monoisotopic (exact) mass is 319 g/mol. The van der Waals surface area contributed by atoms with E-state index in [1.54, 1.807) is 18.2 Å². The lowest BCUT2D eigenvalue weighted by Gasteiger charge is -2.18. The Balaban J connectivity index is 2.11. The van der Waals surface area contributed by atoms with E-state index < -0.39 is 11.6 Å². The molecule has 0 spiro atoms. The van der Waals surface area contributed by atoms with Gasteiger partial charge in [0.05, 0.1) is 0 Å². The molecule has 0 atom stereocenters. The second-order valence-corrected chi connectivity index (χ2v) is 6.43. The van der Waals surface area contributed by atoms with Crippen molar-refractivity contribution in [3.05, 3.63) is 53.7 Å². The molecule has 0 fully saturated rings. The van der Waals surface area contributed by atoms with Crippen molar-refractivity contribution in [1.29, 1.82) is 0 Å². The van der Waals surface area contributed by atoms with Crippen LogP contribution in [0.25, 0.3) is 0 Å². The second kappa shape index (κ2) is 6.73. The maximum absolute atomic E-state index is 13.2. The van der Waals surface area contributed by atoms with Crippen molar-refractivity contribution in [2.75, 3.05) is 11.9 Å². The van der Waals surface area contributed by atoms with E-state index in [1.165, 1.54) is 0 Å². The fourth-order valence-electron chi connectivity index (χ4n) is 1.84. The summed E-state index contributed by atoms with van der Waals surface area (Å²) in [4.78, 5) is 16.2. The van der Waals surface area contributed by atoms with Crippen LogP contribution in [0.15, 0.2) is 36.4 Å². The van der Waals surface area contributed by atoms with Gasteiger partial charge in [-0.3, -0.25) is 4.79 Å².